The van der Waals surface area contributed by atoms with Crippen molar-refractivity contribution in [3.63, 3.8) is 0 Å². The molecule has 0 spiro atoms. The maximum Gasteiger partial charge on any atom is 0.315 e. The molecule has 132 valence electrons. The second kappa shape index (κ2) is 7.29. The molecule has 7 heteroatoms. The molecule has 0 radical (unpaired) electrons. The summed E-state index contributed by atoms with van der Waals surface area (Å²) in [5.74, 6) is 1.31. The summed E-state index contributed by atoms with van der Waals surface area (Å²) in [6.45, 7) is 2.54. The minimum Gasteiger partial charge on any atom is -0.493 e. The number of carbonyl (C=O) groups is 1. The van der Waals surface area contributed by atoms with E-state index in [4.69, 9.17) is 9.47 Å². The van der Waals surface area contributed by atoms with Gasteiger partial charge in [0.05, 0.1) is 19.8 Å². The first kappa shape index (κ1) is 16.9. The molecule has 2 amide bonds. The Kier molecular flexibility index (Phi) is 4.92. The molecule has 25 heavy (non-hydrogen) atoms. The normalized spacial score (nSPS) is 15.7. The van der Waals surface area contributed by atoms with Crippen molar-refractivity contribution in [2.45, 2.75) is 25.9 Å². The molecule has 2 aromatic rings. The van der Waals surface area contributed by atoms with Gasteiger partial charge in [0.25, 0.3) is 5.56 Å². The van der Waals surface area contributed by atoms with Crippen molar-refractivity contribution < 1.29 is 14.3 Å². The van der Waals surface area contributed by atoms with Crippen molar-refractivity contribution >= 4 is 6.03 Å². The molecule has 1 aliphatic rings. The van der Waals surface area contributed by atoms with Crippen LogP contribution in [0.15, 0.2) is 35.3 Å². The predicted octanol–water partition coefficient (Wildman–Crippen LogP) is 2.01. The first-order valence-corrected chi connectivity index (χ1v) is 8.10. The number of aromatic amines is 1. The Morgan fingerprint density at radius 1 is 1.44 bits per heavy atom. The van der Waals surface area contributed by atoms with Crippen molar-refractivity contribution in [2.24, 2.45) is 0 Å². The largest absolute Gasteiger partial charge is 0.493 e. The highest BCUT2D eigenvalue weighted by atomic mass is 16.5. The third kappa shape index (κ3) is 3.76. The average molecular weight is 343 g/mol. The summed E-state index contributed by atoms with van der Waals surface area (Å²) in [6, 6.07) is 6.86. The number of aryl methyl sites for hydroxylation is 1. The molecule has 1 aromatic carbocycles. The topological polar surface area (TPSA) is 92.4 Å². The Morgan fingerprint density at radius 2 is 2.28 bits per heavy atom. The second-order valence-electron chi connectivity index (χ2n) is 5.93. The van der Waals surface area contributed by atoms with Gasteiger partial charge in [-0.15, -0.1) is 0 Å². The summed E-state index contributed by atoms with van der Waals surface area (Å²) in [5, 5.41) is 5.66. The fraction of sp³-hybridized carbons (Fsp3) is 0.333. The fourth-order valence-electron chi connectivity index (χ4n) is 2.88. The minimum atomic E-state index is -0.332. The number of urea groups is 1. The van der Waals surface area contributed by atoms with Crippen LogP contribution in [0.3, 0.4) is 0 Å². The third-order valence-electron chi connectivity index (χ3n) is 4.13. The molecule has 2 heterocycles. The lowest BCUT2D eigenvalue weighted by Gasteiger charge is -2.27. The van der Waals surface area contributed by atoms with Crippen LogP contribution in [0.1, 0.15) is 29.2 Å². The quantitative estimate of drug-likeness (QED) is 0.792. The number of H-pyrrole nitrogens is 1. The second-order valence-corrected chi connectivity index (χ2v) is 5.93. The van der Waals surface area contributed by atoms with E-state index in [-0.39, 0.29) is 24.2 Å². The molecule has 1 aliphatic heterocycles. The number of hydrogen-bond donors (Lipinski definition) is 3. The van der Waals surface area contributed by atoms with E-state index in [2.05, 4.69) is 15.6 Å². The van der Waals surface area contributed by atoms with Gasteiger partial charge in [-0.05, 0) is 24.6 Å². The zero-order valence-corrected chi connectivity index (χ0v) is 14.2. The molecule has 0 bridgehead atoms. The van der Waals surface area contributed by atoms with Crippen LogP contribution in [0.5, 0.6) is 11.5 Å². The highest BCUT2D eigenvalue weighted by molar-refractivity contribution is 5.74. The van der Waals surface area contributed by atoms with Crippen LogP contribution in [0.4, 0.5) is 4.79 Å². The van der Waals surface area contributed by atoms with Gasteiger partial charge in [-0.2, -0.15) is 0 Å². The number of benzene rings is 1. The number of fused-ring (bicyclic) bond motifs is 1. The molecule has 0 aliphatic carbocycles. The average Bonchev–Trinajstić information content (AvgIpc) is 2.62. The van der Waals surface area contributed by atoms with Crippen molar-refractivity contribution in [1.82, 2.24) is 15.6 Å². The number of rotatable bonds is 4. The van der Waals surface area contributed by atoms with Crippen LogP contribution in [-0.2, 0) is 6.54 Å². The van der Waals surface area contributed by atoms with Crippen LogP contribution in [0.2, 0.25) is 0 Å². The van der Waals surface area contributed by atoms with Crippen LogP contribution in [0.25, 0.3) is 0 Å². The van der Waals surface area contributed by atoms with Gasteiger partial charge in [-0.1, -0.05) is 12.1 Å². The van der Waals surface area contributed by atoms with E-state index < -0.39 is 0 Å². The first-order valence-electron chi connectivity index (χ1n) is 8.10. The number of para-hydroxylation sites is 1. The van der Waals surface area contributed by atoms with Gasteiger partial charge >= 0.3 is 6.03 Å². The van der Waals surface area contributed by atoms with E-state index in [1.54, 1.807) is 19.4 Å². The molecule has 1 atom stereocenters. The van der Waals surface area contributed by atoms with Gasteiger partial charge in [-0.3, -0.25) is 4.79 Å². The van der Waals surface area contributed by atoms with E-state index in [1.165, 1.54) is 0 Å². The molecule has 1 aromatic heterocycles. The number of carbonyl (C=O) groups excluding carboxylic acids is 1. The standard InChI is InChI=1S/C18H21N3O4/c1-11-8-12(17(22)19-9-11)10-20-18(23)21-14-6-7-25-16-13(14)4-3-5-15(16)24-2/h3-5,8-9,14H,6-7,10H2,1-2H3,(H,19,22)(H2,20,21,23). The molecule has 0 fully saturated rings. The van der Waals surface area contributed by atoms with Gasteiger partial charge in [0.15, 0.2) is 11.5 Å². The van der Waals surface area contributed by atoms with Crippen LogP contribution >= 0.6 is 0 Å². The van der Waals surface area contributed by atoms with E-state index in [0.29, 0.717) is 30.1 Å². The number of nitrogens with one attached hydrogen (secondary N) is 3. The zero-order valence-electron chi connectivity index (χ0n) is 14.2. The Bertz CT molecular complexity index is 831. The van der Waals surface area contributed by atoms with Crippen LogP contribution in [-0.4, -0.2) is 24.7 Å². The SMILES string of the molecule is COc1cccc2c1OCCC2NC(=O)NCc1cc(C)c[nH]c1=O. The molecule has 0 saturated carbocycles. The van der Waals surface area contributed by atoms with Crippen molar-refractivity contribution in [3.05, 3.63) is 57.5 Å². The van der Waals surface area contributed by atoms with E-state index in [1.807, 2.05) is 25.1 Å². The van der Waals surface area contributed by atoms with E-state index >= 15 is 0 Å². The molecule has 0 saturated heterocycles. The summed E-state index contributed by atoms with van der Waals surface area (Å²) in [7, 11) is 1.59. The van der Waals surface area contributed by atoms with E-state index in [9.17, 15) is 9.59 Å². The summed E-state index contributed by atoms with van der Waals surface area (Å²) < 4.78 is 11.0. The smallest absolute Gasteiger partial charge is 0.315 e. The Balaban J connectivity index is 1.66. The van der Waals surface area contributed by atoms with Gasteiger partial charge in [0.2, 0.25) is 0 Å². The molecular weight excluding hydrogens is 322 g/mol. The highest BCUT2D eigenvalue weighted by Gasteiger charge is 2.25. The van der Waals surface area contributed by atoms with Crippen molar-refractivity contribution in [3.8, 4) is 11.5 Å². The molecule has 1 unspecified atom stereocenters. The molecule has 3 rings (SSSR count). The Hall–Kier alpha value is -2.96. The highest BCUT2D eigenvalue weighted by Crippen LogP contribution is 2.39. The number of ether oxygens (including phenoxy) is 2. The lowest BCUT2D eigenvalue weighted by atomic mass is 10.0. The third-order valence-corrected chi connectivity index (χ3v) is 4.13. The lowest BCUT2D eigenvalue weighted by molar-refractivity contribution is 0.219. The predicted molar refractivity (Wildman–Crippen MR) is 93.0 cm³/mol. The molecule has 3 N–H and O–H groups in total. The lowest BCUT2D eigenvalue weighted by Crippen LogP contribution is -2.40. The van der Waals surface area contributed by atoms with Gasteiger partial charge in [0, 0.05) is 30.3 Å². The van der Waals surface area contributed by atoms with Gasteiger partial charge in [-0.25, -0.2) is 4.79 Å². The number of aromatic nitrogens is 1. The first-order chi connectivity index (χ1) is 12.1. The molecular formula is C18H21N3O4. The summed E-state index contributed by atoms with van der Waals surface area (Å²) >= 11 is 0. The number of methoxy groups -OCH3 is 1. The Morgan fingerprint density at radius 3 is 3.08 bits per heavy atom. The van der Waals surface area contributed by atoms with Gasteiger partial charge < -0.3 is 25.1 Å². The summed E-state index contributed by atoms with van der Waals surface area (Å²) in [5.41, 5.74) is 2.13. The maximum atomic E-state index is 12.2. The van der Waals surface area contributed by atoms with Gasteiger partial charge in [0.1, 0.15) is 0 Å². The zero-order chi connectivity index (χ0) is 17.8. The number of pyridine rings is 1. The van der Waals surface area contributed by atoms with Crippen LogP contribution in [0, 0.1) is 6.92 Å². The Labute approximate surface area is 145 Å². The molecule has 7 nitrogen and oxygen atoms in total. The summed E-state index contributed by atoms with van der Waals surface area (Å²) in [6.07, 6.45) is 2.30. The maximum absolute atomic E-state index is 12.2. The van der Waals surface area contributed by atoms with Crippen LogP contribution < -0.4 is 25.7 Å². The van der Waals surface area contributed by atoms with Crippen molar-refractivity contribution in [1.29, 1.82) is 0 Å². The van der Waals surface area contributed by atoms with E-state index in [0.717, 1.165) is 11.1 Å². The van der Waals surface area contributed by atoms with Crippen molar-refractivity contribution in [2.75, 3.05) is 13.7 Å². The minimum absolute atomic E-state index is 0.164. The monoisotopic (exact) mass is 343 g/mol. The summed E-state index contributed by atoms with van der Waals surface area (Å²) in [4.78, 5) is 26.6. The number of amides is 2. The number of hydrogen-bond acceptors (Lipinski definition) is 4. The fourth-order valence-corrected chi connectivity index (χ4v) is 2.88.